The van der Waals surface area contributed by atoms with Crippen LogP contribution >= 0.6 is 0 Å². The monoisotopic (exact) mass is 511 g/mol. The minimum atomic E-state index is -0.634. The number of benzene rings is 1. The van der Waals surface area contributed by atoms with E-state index in [1.807, 2.05) is 45.3 Å². The molecule has 2 N–H and O–H groups in total. The molecule has 2 saturated heterocycles. The van der Waals surface area contributed by atoms with Crippen LogP contribution in [0.2, 0.25) is 0 Å². The molecule has 2 aromatic rings. The van der Waals surface area contributed by atoms with Crippen molar-refractivity contribution in [3.63, 3.8) is 0 Å². The molecular weight excluding hydrogens is 466 g/mol. The summed E-state index contributed by atoms with van der Waals surface area (Å²) in [4.78, 5) is 24.1. The molecule has 3 heterocycles. The third kappa shape index (κ3) is 7.87. The summed E-state index contributed by atoms with van der Waals surface area (Å²) >= 11 is 0. The van der Waals surface area contributed by atoms with Crippen LogP contribution < -0.4 is 5.32 Å². The van der Waals surface area contributed by atoms with Crippen molar-refractivity contribution in [2.24, 2.45) is 5.92 Å². The molecule has 0 aliphatic carbocycles. The van der Waals surface area contributed by atoms with Crippen LogP contribution in [0.15, 0.2) is 28.7 Å². The van der Waals surface area contributed by atoms with Crippen molar-refractivity contribution in [1.82, 2.24) is 25.0 Å². The zero-order chi connectivity index (χ0) is 26.2. The molecule has 37 heavy (non-hydrogen) atoms. The highest BCUT2D eigenvalue weighted by atomic mass is 16.4. The molecule has 1 aromatic carbocycles. The van der Waals surface area contributed by atoms with Gasteiger partial charge in [0.2, 0.25) is 11.8 Å². The molecule has 0 saturated carbocycles. The first-order valence-corrected chi connectivity index (χ1v) is 14.0. The second kappa shape index (κ2) is 13.5. The third-order valence-corrected chi connectivity index (χ3v) is 7.82. The number of nitrogens with zero attached hydrogens (tertiary/aromatic N) is 4. The lowest BCUT2D eigenvalue weighted by Gasteiger charge is -2.30. The average molecular weight is 512 g/mol. The largest absolute Gasteiger partial charge is 0.441 e. The van der Waals surface area contributed by atoms with Crippen LogP contribution in [0.1, 0.15) is 68.2 Å². The van der Waals surface area contributed by atoms with Gasteiger partial charge in [0.1, 0.15) is 12.0 Å². The van der Waals surface area contributed by atoms with E-state index in [4.69, 9.17) is 9.40 Å². The quantitative estimate of drug-likeness (QED) is 0.371. The maximum absolute atomic E-state index is 12.7. The van der Waals surface area contributed by atoms with Crippen LogP contribution in [0, 0.1) is 12.8 Å². The van der Waals surface area contributed by atoms with E-state index in [0.717, 1.165) is 74.6 Å². The van der Waals surface area contributed by atoms with E-state index in [1.54, 1.807) is 4.90 Å². The fraction of sp³-hybridized carbons (Fsp3) is 0.655. The van der Waals surface area contributed by atoms with Crippen LogP contribution in [0.5, 0.6) is 0 Å². The number of nitrogens with one attached hydrogen (secondary N) is 1. The number of aromatic nitrogens is 1. The van der Waals surface area contributed by atoms with E-state index < -0.39 is 6.23 Å². The fourth-order valence-corrected chi connectivity index (χ4v) is 5.38. The second-order valence-corrected chi connectivity index (χ2v) is 10.9. The van der Waals surface area contributed by atoms with E-state index in [1.165, 1.54) is 38.8 Å². The average Bonchev–Trinajstić information content (AvgIpc) is 3.09. The van der Waals surface area contributed by atoms with Gasteiger partial charge >= 0.3 is 0 Å². The molecular formula is C29H45N5O3. The highest BCUT2D eigenvalue weighted by molar-refractivity contribution is 5.78. The predicted octanol–water partition coefficient (Wildman–Crippen LogP) is 3.80. The molecule has 1 atom stereocenters. The Kier molecular flexibility index (Phi) is 10.1. The Morgan fingerprint density at radius 3 is 2.41 bits per heavy atom. The van der Waals surface area contributed by atoms with Gasteiger partial charge in [-0.2, -0.15) is 0 Å². The zero-order valence-electron chi connectivity index (χ0n) is 22.9. The van der Waals surface area contributed by atoms with Crippen molar-refractivity contribution < 1.29 is 14.3 Å². The Balaban J connectivity index is 1.20. The Hall–Kier alpha value is -2.26. The zero-order valence-corrected chi connectivity index (χ0v) is 22.9. The Morgan fingerprint density at radius 2 is 1.76 bits per heavy atom. The summed E-state index contributed by atoms with van der Waals surface area (Å²) in [6.07, 6.45) is 7.53. The van der Waals surface area contributed by atoms with Gasteiger partial charge in [-0.15, -0.1) is 0 Å². The molecule has 0 bridgehead atoms. The maximum Gasteiger partial charge on any atom is 0.226 e. The van der Waals surface area contributed by atoms with Crippen LogP contribution in [0.25, 0.3) is 11.5 Å². The van der Waals surface area contributed by atoms with Crippen molar-refractivity contribution >= 4 is 5.91 Å². The molecule has 1 unspecified atom stereocenters. The third-order valence-electron chi connectivity index (χ3n) is 7.82. The van der Waals surface area contributed by atoms with Crippen LogP contribution in [0.4, 0.5) is 0 Å². The summed E-state index contributed by atoms with van der Waals surface area (Å²) in [5.74, 6) is 1.77. The molecule has 2 aliphatic rings. The first kappa shape index (κ1) is 27.8. The van der Waals surface area contributed by atoms with Gasteiger partial charge in [0, 0.05) is 24.6 Å². The van der Waals surface area contributed by atoms with Crippen LogP contribution in [-0.4, -0.2) is 84.1 Å². The van der Waals surface area contributed by atoms with Gasteiger partial charge in [-0.05, 0) is 104 Å². The topological polar surface area (TPSA) is 85.1 Å². The van der Waals surface area contributed by atoms with Gasteiger partial charge in [0.15, 0.2) is 0 Å². The van der Waals surface area contributed by atoms with Gasteiger partial charge in [0.05, 0.1) is 5.69 Å². The van der Waals surface area contributed by atoms with Gasteiger partial charge in [0.25, 0.3) is 0 Å². The summed E-state index contributed by atoms with van der Waals surface area (Å²) in [5, 5.41) is 13.4. The summed E-state index contributed by atoms with van der Waals surface area (Å²) in [7, 11) is 3.69. The number of hydrogen-bond donors (Lipinski definition) is 2. The van der Waals surface area contributed by atoms with Gasteiger partial charge < -0.3 is 19.7 Å². The molecule has 8 nitrogen and oxygen atoms in total. The number of aliphatic hydroxyl groups excluding tert-OH is 1. The number of carbonyl (C=O) groups excluding carboxylic acids is 1. The first-order chi connectivity index (χ1) is 17.9. The molecule has 0 radical (unpaired) electrons. The number of oxazole rings is 1. The van der Waals surface area contributed by atoms with Crippen molar-refractivity contribution in [2.75, 3.05) is 53.4 Å². The molecule has 2 fully saturated rings. The summed E-state index contributed by atoms with van der Waals surface area (Å²) in [6, 6.07) is 7.69. The number of hydrogen-bond acceptors (Lipinski definition) is 7. The Bertz CT molecular complexity index is 974. The summed E-state index contributed by atoms with van der Waals surface area (Å²) < 4.78 is 5.98. The van der Waals surface area contributed by atoms with Gasteiger partial charge in [-0.25, -0.2) is 4.98 Å². The van der Waals surface area contributed by atoms with Crippen LogP contribution in [-0.2, 0) is 11.3 Å². The van der Waals surface area contributed by atoms with E-state index in [-0.39, 0.29) is 11.8 Å². The molecule has 1 aromatic heterocycles. The SMILES string of the molecule is Cc1oc(-c2ccc(C(O)N(C)C)cc2)nc1CN1CCC(C(=O)NCCCN2CCCCCC2)CC1. The molecule has 8 heteroatoms. The highest BCUT2D eigenvalue weighted by Gasteiger charge is 2.26. The first-order valence-electron chi connectivity index (χ1n) is 14.0. The second-order valence-electron chi connectivity index (χ2n) is 10.9. The molecule has 2 aliphatic heterocycles. The lowest BCUT2D eigenvalue weighted by Crippen LogP contribution is -2.41. The standard InChI is InChI=1S/C29H45N5O3/c1-22-26(31-28(37-22)24-9-11-25(12-10-24)29(36)32(2)3)21-34-19-13-23(14-20-34)27(35)30-15-8-18-33-16-6-4-5-7-17-33/h9-12,23,29,36H,4-8,13-21H2,1-3H3,(H,30,35). The molecule has 204 valence electrons. The molecule has 4 rings (SSSR count). The van der Waals surface area contributed by atoms with Gasteiger partial charge in [-0.1, -0.05) is 25.0 Å². The minimum absolute atomic E-state index is 0.111. The summed E-state index contributed by atoms with van der Waals surface area (Å²) in [5.41, 5.74) is 2.68. The van der Waals surface area contributed by atoms with E-state index in [2.05, 4.69) is 15.1 Å². The number of amides is 1. The highest BCUT2D eigenvalue weighted by Crippen LogP contribution is 2.26. The van der Waals surface area contributed by atoms with Crippen molar-refractivity contribution in [2.45, 2.75) is 64.6 Å². The number of aryl methyl sites for hydroxylation is 1. The molecule has 1 amide bonds. The normalized spacial score (nSPS) is 19.2. The van der Waals surface area contributed by atoms with Crippen molar-refractivity contribution in [3.05, 3.63) is 41.3 Å². The van der Waals surface area contributed by atoms with Crippen LogP contribution in [0.3, 0.4) is 0 Å². The molecule has 0 spiro atoms. The van der Waals surface area contributed by atoms with E-state index in [0.29, 0.717) is 5.89 Å². The Morgan fingerprint density at radius 1 is 1.08 bits per heavy atom. The smallest absolute Gasteiger partial charge is 0.226 e. The number of likely N-dealkylation sites (tertiary alicyclic amines) is 2. The Labute approximate surface area is 222 Å². The number of aliphatic hydroxyl groups is 1. The van der Waals surface area contributed by atoms with Crippen molar-refractivity contribution in [1.29, 1.82) is 0 Å². The minimum Gasteiger partial charge on any atom is -0.441 e. The predicted molar refractivity (Wildman–Crippen MR) is 146 cm³/mol. The lowest BCUT2D eigenvalue weighted by atomic mass is 9.95. The number of rotatable bonds is 10. The fourth-order valence-electron chi connectivity index (χ4n) is 5.38. The van der Waals surface area contributed by atoms with Crippen molar-refractivity contribution in [3.8, 4) is 11.5 Å². The lowest BCUT2D eigenvalue weighted by molar-refractivity contribution is -0.126. The number of piperidine rings is 1. The maximum atomic E-state index is 12.7. The van der Waals surface area contributed by atoms with E-state index >= 15 is 0 Å². The number of carbonyl (C=O) groups is 1. The van der Waals surface area contributed by atoms with E-state index in [9.17, 15) is 9.90 Å². The summed E-state index contributed by atoms with van der Waals surface area (Å²) in [6.45, 7) is 8.79. The van der Waals surface area contributed by atoms with Gasteiger partial charge in [-0.3, -0.25) is 14.6 Å².